The Kier molecular flexibility index (Phi) is 2.87. The standard InChI is InChI=1S/C12H11F3O4/c1-19-9-7(12(13,14)15)3-2-6(8(9)16)11(4-5-11)10(17)18/h2-3,16H,4-5H2,1H3,(H,17,18). The summed E-state index contributed by atoms with van der Waals surface area (Å²) in [5.41, 5.74) is -2.45. The SMILES string of the molecule is COc1c(C(F)(F)F)ccc(C2(C(=O)O)CC2)c1O. The largest absolute Gasteiger partial charge is 0.504 e. The van der Waals surface area contributed by atoms with E-state index >= 15 is 0 Å². The monoisotopic (exact) mass is 276 g/mol. The van der Waals surface area contributed by atoms with E-state index in [1.54, 1.807) is 0 Å². The number of carboxylic acid groups (broad SMARTS) is 1. The lowest BCUT2D eigenvalue weighted by molar-refractivity contribution is -0.140. The quantitative estimate of drug-likeness (QED) is 0.890. The average molecular weight is 276 g/mol. The number of carbonyl (C=O) groups is 1. The molecule has 1 saturated carbocycles. The third-order valence-corrected chi connectivity index (χ3v) is 3.32. The van der Waals surface area contributed by atoms with Crippen LogP contribution in [0.15, 0.2) is 12.1 Å². The van der Waals surface area contributed by atoms with E-state index in [0.717, 1.165) is 19.2 Å². The van der Waals surface area contributed by atoms with Gasteiger partial charge in [-0.05, 0) is 18.9 Å². The Morgan fingerprint density at radius 3 is 2.32 bits per heavy atom. The third-order valence-electron chi connectivity index (χ3n) is 3.32. The summed E-state index contributed by atoms with van der Waals surface area (Å²) in [5.74, 6) is -2.65. The van der Waals surface area contributed by atoms with Crippen LogP contribution < -0.4 is 4.74 Å². The Balaban J connectivity index is 2.60. The molecular weight excluding hydrogens is 265 g/mol. The van der Waals surface area contributed by atoms with Crippen molar-refractivity contribution in [3.8, 4) is 11.5 Å². The number of alkyl halides is 3. The molecule has 4 nitrogen and oxygen atoms in total. The molecule has 1 aliphatic carbocycles. The van der Waals surface area contributed by atoms with Crippen molar-refractivity contribution >= 4 is 5.97 Å². The smallest absolute Gasteiger partial charge is 0.420 e. The molecule has 2 N–H and O–H groups in total. The van der Waals surface area contributed by atoms with Crippen molar-refractivity contribution < 1.29 is 32.9 Å². The van der Waals surface area contributed by atoms with Gasteiger partial charge >= 0.3 is 12.1 Å². The number of aromatic hydroxyl groups is 1. The van der Waals surface area contributed by atoms with Crippen molar-refractivity contribution in [3.63, 3.8) is 0 Å². The molecule has 1 aromatic rings. The van der Waals surface area contributed by atoms with Crippen LogP contribution >= 0.6 is 0 Å². The topological polar surface area (TPSA) is 66.8 Å². The predicted molar refractivity (Wildman–Crippen MR) is 58.2 cm³/mol. The van der Waals surface area contributed by atoms with Crippen LogP contribution in [0.1, 0.15) is 24.0 Å². The Labute approximate surface area is 106 Å². The lowest BCUT2D eigenvalue weighted by Gasteiger charge is -2.18. The zero-order valence-corrected chi connectivity index (χ0v) is 9.91. The number of phenols is 1. The van der Waals surface area contributed by atoms with Crippen LogP contribution in [0, 0.1) is 0 Å². The van der Waals surface area contributed by atoms with Gasteiger partial charge in [0.25, 0.3) is 0 Å². The van der Waals surface area contributed by atoms with Crippen LogP contribution in [-0.2, 0) is 16.4 Å². The fraction of sp³-hybridized carbons (Fsp3) is 0.417. The van der Waals surface area contributed by atoms with Gasteiger partial charge in [0.05, 0.1) is 12.5 Å². The number of rotatable bonds is 3. The van der Waals surface area contributed by atoms with Crippen LogP contribution in [0.5, 0.6) is 11.5 Å². The molecule has 0 radical (unpaired) electrons. The first-order chi connectivity index (χ1) is 8.74. The van der Waals surface area contributed by atoms with Crippen LogP contribution in [0.4, 0.5) is 13.2 Å². The maximum Gasteiger partial charge on any atom is 0.420 e. The van der Waals surface area contributed by atoms with Crippen molar-refractivity contribution in [3.05, 3.63) is 23.3 Å². The molecule has 0 spiro atoms. The molecule has 0 bridgehead atoms. The molecule has 19 heavy (non-hydrogen) atoms. The summed E-state index contributed by atoms with van der Waals surface area (Å²) in [6.45, 7) is 0. The van der Waals surface area contributed by atoms with E-state index in [9.17, 15) is 23.1 Å². The molecule has 104 valence electrons. The first kappa shape index (κ1) is 13.5. The van der Waals surface area contributed by atoms with Gasteiger partial charge in [0, 0.05) is 5.56 Å². The fourth-order valence-electron chi connectivity index (χ4n) is 2.11. The van der Waals surface area contributed by atoms with Crippen molar-refractivity contribution in [1.29, 1.82) is 0 Å². The number of carboxylic acids is 1. The summed E-state index contributed by atoms with van der Waals surface area (Å²) in [6, 6.07) is 1.73. The highest BCUT2D eigenvalue weighted by Crippen LogP contribution is 2.55. The van der Waals surface area contributed by atoms with Crippen molar-refractivity contribution in [1.82, 2.24) is 0 Å². The van der Waals surface area contributed by atoms with E-state index in [2.05, 4.69) is 4.74 Å². The second-order valence-corrected chi connectivity index (χ2v) is 4.43. The summed E-state index contributed by atoms with van der Waals surface area (Å²) in [6.07, 6.45) is -4.11. The normalized spacial score (nSPS) is 17.1. The van der Waals surface area contributed by atoms with Gasteiger partial charge in [-0.1, -0.05) is 6.07 Å². The van der Waals surface area contributed by atoms with Crippen molar-refractivity contribution in [2.75, 3.05) is 7.11 Å². The molecule has 7 heteroatoms. The molecule has 0 saturated heterocycles. The maximum absolute atomic E-state index is 12.7. The van der Waals surface area contributed by atoms with Gasteiger partial charge in [-0.3, -0.25) is 4.79 Å². The Bertz CT molecular complexity index is 533. The van der Waals surface area contributed by atoms with E-state index in [0.29, 0.717) is 0 Å². The van der Waals surface area contributed by atoms with E-state index in [1.165, 1.54) is 0 Å². The second-order valence-electron chi connectivity index (χ2n) is 4.43. The molecule has 0 unspecified atom stereocenters. The molecule has 0 heterocycles. The van der Waals surface area contributed by atoms with Crippen LogP contribution in [-0.4, -0.2) is 23.3 Å². The van der Waals surface area contributed by atoms with E-state index in [4.69, 9.17) is 5.11 Å². The minimum absolute atomic E-state index is 0.0372. The first-order valence-corrected chi connectivity index (χ1v) is 5.45. The van der Waals surface area contributed by atoms with Gasteiger partial charge < -0.3 is 14.9 Å². The van der Waals surface area contributed by atoms with Gasteiger partial charge in [0.15, 0.2) is 11.5 Å². The summed E-state index contributed by atoms with van der Waals surface area (Å²) < 4.78 is 42.7. The van der Waals surface area contributed by atoms with Gasteiger partial charge in [0.2, 0.25) is 0 Å². The van der Waals surface area contributed by atoms with Gasteiger partial charge in [0.1, 0.15) is 5.56 Å². The molecule has 1 aliphatic rings. The molecule has 0 amide bonds. The number of aliphatic carboxylic acids is 1. The van der Waals surface area contributed by atoms with Crippen LogP contribution in [0.3, 0.4) is 0 Å². The summed E-state index contributed by atoms with van der Waals surface area (Å²) in [5, 5.41) is 19.0. The van der Waals surface area contributed by atoms with Gasteiger partial charge in [-0.15, -0.1) is 0 Å². The van der Waals surface area contributed by atoms with E-state index in [-0.39, 0.29) is 18.4 Å². The molecule has 1 aromatic carbocycles. The van der Waals surface area contributed by atoms with Gasteiger partial charge in [-0.25, -0.2) is 0 Å². The molecular formula is C12H11F3O4. The lowest BCUT2D eigenvalue weighted by atomic mass is 9.93. The molecule has 2 rings (SSSR count). The van der Waals surface area contributed by atoms with Crippen LogP contribution in [0.25, 0.3) is 0 Å². The average Bonchev–Trinajstić information content (AvgIpc) is 3.08. The molecule has 0 aromatic heterocycles. The second kappa shape index (κ2) is 4.04. The Hall–Kier alpha value is -1.92. The maximum atomic E-state index is 12.7. The number of phenolic OH excluding ortho intramolecular Hbond substituents is 1. The number of methoxy groups -OCH3 is 1. The lowest BCUT2D eigenvalue weighted by Crippen LogP contribution is -2.20. The minimum Gasteiger partial charge on any atom is -0.504 e. The highest BCUT2D eigenvalue weighted by Gasteiger charge is 2.54. The molecule has 0 aliphatic heterocycles. The Morgan fingerprint density at radius 2 is 1.95 bits per heavy atom. The molecule has 0 atom stereocenters. The van der Waals surface area contributed by atoms with Crippen molar-refractivity contribution in [2.24, 2.45) is 0 Å². The highest BCUT2D eigenvalue weighted by molar-refractivity contribution is 5.86. The van der Waals surface area contributed by atoms with E-state index in [1.807, 2.05) is 0 Å². The minimum atomic E-state index is -4.68. The predicted octanol–water partition coefficient (Wildman–Crippen LogP) is 2.54. The number of benzene rings is 1. The zero-order valence-electron chi connectivity index (χ0n) is 9.91. The first-order valence-electron chi connectivity index (χ1n) is 5.45. The summed E-state index contributed by atoms with van der Waals surface area (Å²) >= 11 is 0. The summed E-state index contributed by atoms with van der Waals surface area (Å²) in [7, 11) is 0.994. The third kappa shape index (κ3) is 1.98. The molecule has 1 fully saturated rings. The van der Waals surface area contributed by atoms with Gasteiger partial charge in [-0.2, -0.15) is 13.2 Å². The number of ether oxygens (including phenoxy) is 1. The zero-order chi connectivity index (χ0) is 14.4. The van der Waals surface area contributed by atoms with E-state index < -0.39 is 34.6 Å². The highest BCUT2D eigenvalue weighted by atomic mass is 19.4. The number of hydrogen-bond acceptors (Lipinski definition) is 3. The van der Waals surface area contributed by atoms with Crippen LogP contribution in [0.2, 0.25) is 0 Å². The fourth-order valence-corrected chi connectivity index (χ4v) is 2.11. The Morgan fingerprint density at radius 1 is 1.37 bits per heavy atom. The number of hydrogen-bond donors (Lipinski definition) is 2. The summed E-state index contributed by atoms with van der Waals surface area (Å²) in [4.78, 5) is 11.1. The number of halogens is 3. The van der Waals surface area contributed by atoms with Crippen molar-refractivity contribution in [2.45, 2.75) is 24.4 Å².